The van der Waals surface area contributed by atoms with Crippen LogP contribution in [0.15, 0.2) is 28.0 Å². The van der Waals surface area contributed by atoms with Gasteiger partial charge in [-0.05, 0) is 12.1 Å². The van der Waals surface area contributed by atoms with Gasteiger partial charge in [0.25, 0.3) is 10.1 Å². The van der Waals surface area contributed by atoms with Crippen LogP contribution in [-0.4, -0.2) is 28.3 Å². The summed E-state index contributed by atoms with van der Waals surface area (Å²) in [5, 5.41) is 14.8. The van der Waals surface area contributed by atoms with Crippen LogP contribution in [0.25, 0.3) is 10.9 Å². The lowest BCUT2D eigenvalue weighted by Gasteiger charge is -2.03. The summed E-state index contributed by atoms with van der Waals surface area (Å²) in [7, 11) is -4.48. The summed E-state index contributed by atoms with van der Waals surface area (Å²) in [4.78, 5) is 10.9. The van der Waals surface area contributed by atoms with E-state index in [4.69, 9.17) is 4.55 Å². The van der Waals surface area contributed by atoms with Gasteiger partial charge in [0.05, 0.1) is 17.1 Å². The SMILES string of the molecule is O=c1cn[nH]c2c(S(=O)(=O)O)ccc(O)c12. The van der Waals surface area contributed by atoms with Crippen LogP contribution in [0.5, 0.6) is 5.75 Å². The zero-order valence-electron chi connectivity index (χ0n) is 7.71. The summed E-state index contributed by atoms with van der Waals surface area (Å²) in [6.45, 7) is 0. The monoisotopic (exact) mass is 242 g/mol. The molecule has 0 amide bonds. The molecule has 1 aromatic carbocycles. The third kappa shape index (κ3) is 1.53. The Kier molecular flexibility index (Phi) is 2.17. The van der Waals surface area contributed by atoms with Crippen molar-refractivity contribution >= 4 is 21.0 Å². The number of aromatic nitrogens is 2. The first-order valence-corrected chi connectivity index (χ1v) is 5.52. The fraction of sp³-hybridized carbons (Fsp3) is 0. The molecule has 1 heterocycles. The van der Waals surface area contributed by atoms with Gasteiger partial charge < -0.3 is 5.11 Å². The first kappa shape index (κ1) is 10.6. The molecule has 0 radical (unpaired) electrons. The maximum absolute atomic E-state index is 11.4. The van der Waals surface area contributed by atoms with E-state index >= 15 is 0 Å². The van der Waals surface area contributed by atoms with Gasteiger partial charge in [-0.25, -0.2) is 0 Å². The van der Waals surface area contributed by atoms with E-state index in [-0.39, 0.29) is 16.7 Å². The number of H-pyrrole nitrogens is 1. The van der Waals surface area contributed by atoms with E-state index in [1.807, 2.05) is 0 Å². The Morgan fingerprint density at radius 1 is 1.31 bits per heavy atom. The van der Waals surface area contributed by atoms with Gasteiger partial charge in [-0.15, -0.1) is 0 Å². The fourth-order valence-electron chi connectivity index (χ4n) is 1.37. The van der Waals surface area contributed by atoms with Crippen LogP contribution >= 0.6 is 0 Å². The largest absolute Gasteiger partial charge is 0.507 e. The molecule has 1 aromatic heterocycles. The Bertz CT molecular complexity index is 719. The minimum Gasteiger partial charge on any atom is -0.507 e. The zero-order chi connectivity index (χ0) is 11.9. The predicted octanol–water partition coefficient (Wildman–Crippen LogP) is -0.125. The number of hydrogen-bond acceptors (Lipinski definition) is 5. The van der Waals surface area contributed by atoms with E-state index < -0.39 is 20.4 Å². The predicted molar refractivity (Wildman–Crippen MR) is 53.8 cm³/mol. The highest BCUT2D eigenvalue weighted by Gasteiger charge is 2.17. The molecule has 2 aromatic rings. The number of phenols is 1. The zero-order valence-corrected chi connectivity index (χ0v) is 8.52. The van der Waals surface area contributed by atoms with E-state index in [1.54, 1.807) is 0 Å². The van der Waals surface area contributed by atoms with Crippen molar-refractivity contribution in [2.75, 3.05) is 0 Å². The topological polar surface area (TPSA) is 120 Å². The molecule has 0 spiro atoms. The number of aromatic amines is 1. The summed E-state index contributed by atoms with van der Waals surface area (Å²) in [6.07, 6.45) is 0.899. The van der Waals surface area contributed by atoms with Gasteiger partial charge in [0.2, 0.25) is 5.43 Å². The molecule has 84 valence electrons. The second-order valence-electron chi connectivity index (χ2n) is 3.04. The molecule has 3 N–H and O–H groups in total. The molecular formula is C8H6N2O5S. The number of fused-ring (bicyclic) bond motifs is 1. The van der Waals surface area contributed by atoms with Gasteiger partial charge in [0.1, 0.15) is 10.6 Å². The molecule has 0 saturated carbocycles. The lowest BCUT2D eigenvalue weighted by Crippen LogP contribution is -2.07. The molecule has 0 aliphatic heterocycles. The maximum atomic E-state index is 11.4. The number of aromatic hydroxyl groups is 1. The molecule has 0 saturated heterocycles. The lowest BCUT2D eigenvalue weighted by molar-refractivity contribution is 0.478. The van der Waals surface area contributed by atoms with Gasteiger partial charge in [-0.3, -0.25) is 14.4 Å². The normalized spacial score (nSPS) is 11.8. The Hall–Kier alpha value is -1.93. The first-order chi connectivity index (χ1) is 7.41. The molecule has 16 heavy (non-hydrogen) atoms. The lowest BCUT2D eigenvalue weighted by atomic mass is 10.2. The molecule has 0 aliphatic rings. The van der Waals surface area contributed by atoms with E-state index in [0.29, 0.717) is 0 Å². The van der Waals surface area contributed by atoms with E-state index in [9.17, 15) is 18.3 Å². The molecule has 0 aliphatic carbocycles. The summed E-state index contributed by atoms with van der Waals surface area (Å²) in [6, 6.07) is 1.99. The standard InChI is InChI=1S/C8H6N2O5S/c11-4-1-2-6(16(13,14)15)8-7(4)5(12)3-9-10-8/h1-3,11H,(H,10,12)(H,13,14,15). The average Bonchev–Trinajstić information content (AvgIpc) is 2.16. The average molecular weight is 242 g/mol. The minimum absolute atomic E-state index is 0.227. The van der Waals surface area contributed by atoms with Crippen molar-refractivity contribution in [2.24, 2.45) is 0 Å². The van der Waals surface area contributed by atoms with Crippen LogP contribution in [-0.2, 0) is 10.1 Å². The van der Waals surface area contributed by atoms with Crippen molar-refractivity contribution in [1.29, 1.82) is 0 Å². The molecule has 0 unspecified atom stereocenters. The number of nitrogens with zero attached hydrogens (tertiary/aromatic N) is 1. The summed E-state index contributed by atoms with van der Waals surface area (Å²) in [5.41, 5.74) is -0.869. The van der Waals surface area contributed by atoms with E-state index in [2.05, 4.69) is 10.2 Å². The van der Waals surface area contributed by atoms with Crippen molar-refractivity contribution < 1.29 is 18.1 Å². The van der Waals surface area contributed by atoms with Crippen molar-refractivity contribution in [3.8, 4) is 5.75 Å². The van der Waals surface area contributed by atoms with Crippen LogP contribution in [0.3, 0.4) is 0 Å². The van der Waals surface area contributed by atoms with Crippen LogP contribution in [0, 0.1) is 0 Å². The van der Waals surface area contributed by atoms with Crippen molar-refractivity contribution in [2.45, 2.75) is 4.90 Å². The molecule has 0 atom stereocenters. The summed E-state index contributed by atoms with van der Waals surface area (Å²) < 4.78 is 30.9. The van der Waals surface area contributed by atoms with Gasteiger partial charge >= 0.3 is 0 Å². The number of benzene rings is 1. The molecule has 7 nitrogen and oxygen atoms in total. The smallest absolute Gasteiger partial charge is 0.296 e. The quantitative estimate of drug-likeness (QED) is 0.599. The molecule has 0 fully saturated rings. The highest BCUT2D eigenvalue weighted by Crippen LogP contribution is 2.25. The Morgan fingerprint density at radius 2 is 2.00 bits per heavy atom. The van der Waals surface area contributed by atoms with Crippen molar-refractivity contribution in [3.63, 3.8) is 0 Å². The van der Waals surface area contributed by atoms with E-state index in [1.165, 1.54) is 0 Å². The molecule has 0 bridgehead atoms. The molecular weight excluding hydrogens is 236 g/mol. The minimum atomic E-state index is -4.48. The number of phenolic OH excluding ortho intramolecular Hbond substituents is 1. The third-order valence-electron chi connectivity index (χ3n) is 2.03. The van der Waals surface area contributed by atoms with Gasteiger partial charge in [0, 0.05) is 0 Å². The highest BCUT2D eigenvalue weighted by molar-refractivity contribution is 7.86. The highest BCUT2D eigenvalue weighted by atomic mass is 32.2. The molecule has 2 rings (SSSR count). The van der Waals surface area contributed by atoms with Crippen molar-refractivity contribution in [3.05, 3.63) is 28.6 Å². The fourth-order valence-corrected chi connectivity index (χ4v) is 2.01. The maximum Gasteiger partial charge on any atom is 0.296 e. The first-order valence-electron chi connectivity index (χ1n) is 4.08. The molecule has 8 heteroatoms. The second-order valence-corrected chi connectivity index (χ2v) is 4.43. The Morgan fingerprint density at radius 3 is 2.62 bits per heavy atom. The third-order valence-corrected chi connectivity index (χ3v) is 2.92. The number of rotatable bonds is 1. The van der Waals surface area contributed by atoms with Crippen molar-refractivity contribution in [1.82, 2.24) is 10.2 Å². The van der Waals surface area contributed by atoms with Gasteiger partial charge in [-0.2, -0.15) is 13.5 Å². The Labute approximate surface area is 89.1 Å². The number of nitrogens with one attached hydrogen (secondary N) is 1. The summed E-state index contributed by atoms with van der Waals surface area (Å²) >= 11 is 0. The summed E-state index contributed by atoms with van der Waals surface area (Å²) in [5.74, 6) is -0.383. The van der Waals surface area contributed by atoms with Crippen LogP contribution in [0.4, 0.5) is 0 Å². The van der Waals surface area contributed by atoms with Crippen LogP contribution in [0.2, 0.25) is 0 Å². The second kappa shape index (κ2) is 3.29. The van der Waals surface area contributed by atoms with Gasteiger partial charge in [0.15, 0.2) is 0 Å². The van der Waals surface area contributed by atoms with Crippen LogP contribution < -0.4 is 5.43 Å². The number of hydrogen-bond donors (Lipinski definition) is 3. The van der Waals surface area contributed by atoms with Gasteiger partial charge in [-0.1, -0.05) is 0 Å². The Balaban J connectivity index is 3.08. The van der Waals surface area contributed by atoms with Crippen LogP contribution in [0.1, 0.15) is 0 Å². The van der Waals surface area contributed by atoms with E-state index in [0.717, 1.165) is 18.3 Å².